The first kappa shape index (κ1) is 14.4. The second kappa shape index (κ2) is 6.93. The minimum atomic E-state index is -1.62. The molecule has 0 saturated carbocycles. The Bertz CT molecular complexity index is 480. The Morgan fingerprint density at radius 3 is 2.60 bits per heavy atom. The van der Waals surface area contributed by atoms with Crippen molar-refractivity contribution >= 4 is 12.1 Å². The van der Waals surface area contributed by atoms with Gasteiger partial charge in [0.15, 0.2) is 0 Å². The van der Waals surface area contributed by atoms with E-state index in [0.29, 0.717) is 6.42 Å². The molecular formula is C15H21NO4. The van der Waals surface area contributed by atoms with Crippen molar-refractivity contribution in [2.75, 3.05) is 0 Å². The lowest BCUT2D eigenvalue weighted by Gasteiger charge is -2.31. The first-order valence-electron chi connectivity index (χ1n) is 7.18. The summed E-state index contributed by atoms with van der Waals surface area (Å²) in [5.41, 5.74) is -0.814. The smallest absolute Gasteiger partial charge is 0.408 e. The molecule has 2 atom stereocenters. The zero-order chi connectivity index (χ0) is 15.9. The van der Waals surface area contributed by atoms with Gasteiger partial charge in [-0.15, -0.1) is 0 Å². The molecule has 5 nitrogen and oxygen atoms in total. The molecule has 0 heterocycles. The van der Waals surface area contributed by atoms with Crippen molar-refractivity contribution in [2.45, 2.75) is 39.3 Å². The molecule has 0 aliphatic carbocycles. The van der Waals surface area contributed by atoms with Gasteiger partial charge < -0.3 is 15.2 Å². The second-order valence-electron chi connectivity index (χ2n) is 4.77. The maximum Gasteiger partial charge on any atom is 0.408 e. The molecule has 0 aliphatic heterocycles. The molecule has 0 aliphatic rings. The number of carbonyl (C=O) groups excluding carboxylic acids is 1. The zero-order valence-corrected chi connectivity index (χ0v) is 11.8. The van der Waals surface area contributed by atoms with E-state index >= 15 is 0 Å². The van der Waals surface area contributed by atoms with Crippen molar-refractivity contribution in [3.8, 4) is 0 Å². The van der Waals surface area contributed by atoms with Crippen LogP contribution in [0.15, 0.2) is 30.3 Å². The summed E-state index contributed by atoms with van der Waals surface area (Å²) in [4.78, 5) is 23.3. The molecule has 2 N–H and O–H groups in total. The van der Waals surface area contributed by atoms with Gasteiger partial charge in [0.1, 0.15) is 12.1 Å². The molecule has 20 heavy (non-hydrogen) atoms. The maximum atomic E-state index is 11.8. The van der Waals surface area contributed by atoms with Crippen molar-refractivity contribution in [1.82, 2.24) is 5.32 Å². The summed E-state index contributed by atoms with van der Waals surface area (Å²) < 4.78 is 12.5. The van der Waals surface area contributed by atoms with Gasteiger partial charge in [-0.3, -0.25) is 0 Å². The predicted molar refractivity (Wildman–Crippen MR) is 75.3 cm³/mol. The van der Waals surface area contributed by atoms with Crippen LogP contribution in [0, 0.1) is 5.92 Å². The van der Waals surface area contributed by atoms with Crippen LogP contribution < -0.4 is 5.32 Å². The quantitative estimate of drug-likeness (QED) is 0.840. The SMILES string of the molecule is [2H]C[C@@](NC(=O)OCc1ccccc1)(C(=O)O)[C@H](C)CC. The van der Waals surface area contributed by atoms with E-state index in [1.807, 2.05) is 25.1 Å². The maximum absolute atomic E-state index is 11.8. The van der Waals surface area contributed by atoms with Crippen LogP contribution in [0.2, 0.25) is 0 Å². The summed E-state index contributed by atoms with van der Waals surface area (Å²) >= 11 is 0. The van der Waals surface area contributed by atoms with Gasteiger partial charge in [-0.1, -0.05) is 50.6 Å². The highest BCUT2D eigenvalue weighted by atomic mass is 16.5. The van der Waals surface area contributed by atoms with Crippen LogP contribution >= 0.6 is 0 Å². The van der Waals surface area contributed by atoms with Crippen molar-refractivity contribution in [2.24, 2.45) is 5.92 Å². The summed E-state index contributed by atoms with van der Waals surface area (Å²) in [7, 11) is 0. The van der Waals surface area contributed by atoms with Crippen molar-refractivity contribution in [3.05, 3.63) is 35.9 Å². The number of amides is 1. The number of hydrogen-bond acceptors (Lipinski definition) is 3. The van der Waals surface area contributed by atoms with E-state index in [1.165, 1.54) is 0 Å². The number of aliphatic carboxylic acids is 1. The lowest BCUT2D eigenvalue weighted by atomic mass is 9.85. The van der Waals surface area contributed by atoms with Crippen LogP contribution in [-0.4, -0.2) is 22.7 Å². The molecule has 1 aromatic carbocycles. The molecule has 1 rings (SSSR count). The number of ether oxygens (including phenoxy) is 1. The molecule has 0 bridgehead atoms. The molecule has 0 aromatic heterocycles. The van der Waals surface area contributed by atoms with Crippen molar-refractivity contribution in [1.29, 1.82) is 0 Å². The van der Waals surface area contributed by atoms with Crippen molar-refractivity contribution < 1.29 is 20.8 Å². The first-order chi connectivity index (χ1) is 9.96. The second-order valence-corrected chi connectivity index (χ2v) is 4.77. The van der Waals surface area contributed by atoms with Gasteiger partial charge in [0.25, 0.3) is 0 Å². The van der Waals surface area contributed by atoms with E-state index in [1.54, 1.807) is 19.1 Å². The molecule has 0 saturated heterocycles. The summed E-state index contributed by atoms with van der Waals surface area (Å²) in [6.45, 7) is 3.12. The Hall–Kier alpha value is -2.04. The molecule has 0 fully saturated rings. The van der Waals surface area contributed by atoms with Crippen LogP contribution in [0.5, 0.6) is 0 Å². The fourth-order valence-corrected chi connectivity index (χ4v) is 1.68. The Morgan fingerprint density at radius 2 is 2.10 bits per heavy atom. The predicted octanol–water partition coefficient (Wildman–Crippen LogP) is 2.80. The fraction of sp³-hybridized carbons (Fsp3) is 0.467. The van der Waals surface area contributed by atoms with E-state index in [9.17, 15) is 14.7 Å². The molecule has 110 valence electrons. The molecule has 0 unspecified atom stereocenters. The molecule has 1 aromatic rings. The van der Waals surface area contributed by atoms with Gasteiger partial charge in [0.05, 0.1) is 0 Å². The number of carboxylic acid groups (broad SMARTS) is 1. The number of alkyl carbamates (subject to hydrolysis) is 1. The Labute approximate surface area is 120 Å². The topological polar surface area (TPSA) is 75.6 Å². The Balaban J connectivity index is 2.70. The number of nitrogens with one attached hydrogen (secondary N) is 1. The van der Waals surface area contributed by atoms with Crippen LogP contribution in [0.3, 0.4) is 0 Å². The monoisotopic (exact) mass is 280 g/mol. The van der Waals surface area contributed by atoms with Crippen LogP contribution in [0.4, 0.5) is 4.79 Å². The van der Waals surface area contributed by atoms with Crippen LogP contribution in [0.25, 0.3) is 0 Å². The third kappa shape index (κ3) is 3.98. The molecule has 0 radical (unpaired) electrons. The number of hydrogen-bond donors (Lipinski definition) is 2. The molecular weight excluding hydrogens is 258 g/mol. The first-order valence-corrected chi connectivity index (χ1v) is 6.47. The lowest BCUT2D eigenvalue weighted by molar-refractivity contribution is -0.146. The highest BCUT2D eigenvalue weighted by molar-refractivity contribution is 5.84. The minimum Gasteiger partial charge on any atom is -0.480 e. The van der Waals surface area contributed by atoms with Crippen LogP contribution in [-0.2, 0) is 16.1 Å². The van der Waals surface area contributed by atoms with E-state index in [4.69, 9.17) is 6.11 Å². The van der Waals surface area contributed by atoms with Gasteiger partial charge in [0, 0.05) is 1.37 Å². The van der Waals surface area contributed by atoms with E-state index in [-0.39, 0.29) is 12.5 Å². The summed E-state index contributed by atoms with van der Waals surface area (Å²) in [6, 6.07) is 9.10. The van der Waals surface area contributed by atoms with E-state index in [2.05, 4.69) is 5.32 Å². The Kier molecular flexibility index (Phi) is 4.98. The van der Waals surface area contributed by atoms with Gasteiger partial charge in [0.2, 0.25) is 0 Å². The standard InChI is InChI=1S/C15H21NO4/c1-4-11(2)15(3,13(17)18)16-14(19)20-10-12-8-6-5-7-9-12/h5-9,11H,4,10H2,1-3H3,(H,16,19)(H,17,18)/t11-,15+/m1/s1/i3D. The zero-order valence-electron chi connectivity index (χ0n) is 12.8. The minimum absolute atomic E-state index is 0.0564. The highest BCUT2D eigenvalue weighted by Crippen LogP contribution is 2.20. The highest BCUT2D eigenvalue weighted by Gasteiger charge is 2.40. The Morgan fingerprint density at radius 1 is 1.45 bits per heavy atom. The number of carbonyl (C=O) groups is 2. The van der Waals surface area contributed by atoms with Gasteiger partial charge in [-0.2, -0.15) is 0 Å². The summed E-state index contributed by atoms with van der Waals surface area (Å²) in [6.07, 6.45) is -0.293. The van der Waals surface area contributed by atoms with E-state index in [0.717, 1.165) is 5.56 Å². The summed E-state index contributed by atoms with van der Waals surface area (Å²) in [5.74, 6) is -1.60. The molecule has 1 amide bonds. The third-order valence-corrected chi connectivity index (χ3v) is 3.37. The number of benzene rings is 1. The van der Waals surface area contributed by atoms with E-state index < -0.39 is 24.5 Å². The van der Waals surface area contributed by atoms with Gasteiger partial charge in [-0.05, 0) is 18.4 Å². The van der Waals surface area contributed by atoms with Gasteiger partial charge in [-0.25, -0.2) is 9.59 Å². The number of carboxylic acids is 1. The molecule has 5 heteroatoms. The number of rotatable bonds is 6. The third-order valence-electron chi connectivity index (χ3n) is 3.37. The molecule has 0 spiro atoms. The van der Waals surface area contributed by atoms with Gasteiger partial charge >= 0.3 is 12.1 Å². The largest absolute Gasteiger partial charge is 0.480 e. The van der Waals surface area contributed by atoms with Crippen LogP contribution in [0.1, 0.15) is 34.1 Å². The normalized spacial score (nSPS) is 15.6. The average molecular weight is 280 g/mol. The average Bonchev–Trinajstić information content (AvgIpc) is 2.50. The van der Waals surface area contributed by atoms with Crippen molar-refractivity contribution in [3.63, 3.8) is 0 Å². The summed E-state index contributed by atoms with van der Waals surface area (Å²) in [5, 5.41) is 11.7. The lowest BCUT2D eigenvalue weighted by Crippen LogP contribution is -2.56. The fourth-order valence-electron chi connectivity index (χ4n) is 1.68.